The minimum Gasteiger partial charge on any atom is -0.485 e. The number of hydrogen-bond donors (Lipinski definition) is 0. The molecule has 0 N–H and O–H groups in total. The van der Waals surface area contributed by atoms with E-state index in [-0.39, 0.29) is 64.1 Å². The van der Waals surface area contributed by atoms with Crippen LogP contribution in [0.25, 0.3) is 11.1 Å². The summed E-state index contributed by atoms with van der Waals surface area (Å²) >= 11 is 0. The molecular formula is C25H32N4O7. The second kappa shape index (κ2) is 11.9. The Balaban J connectivity index is 1.95. The van der Waals surface area contributed by atoms with Gasteiger partial charge in [-0.3, -0.25) is 25.0 Å². The van der Waals surface area contributed by atoms with Gasteiger partial charge < -0.3 is 19.3 Å². The van der Waals surface area contributed by atoms with Gasteiger partial charge in [0.15, 0.2) is 17.3 Å². The summed E-state index contributed by atoms with van der Waals surface area (Å²) in [7, 11) is 0. The summed E-state index contributed by atoms with van der Waals surface area (Å²) in [5.41, 5.74) is 0.379. The van der Waals surface area contributed by atoms with Crippen LogP contribution < -0.4 is 9.47 Å². The molecule has 0 heterocycles. The van der Waals surface area contributed by atoms with E-state index in [2.05, 4.69) is 9.80 Å². The van der Waals surface area contributed by atoms with Gasteiger partial charge in [-0.25, -0.2) is 0 Å². The van der Waals surface area contributed by atoms with Gasteiger partial charge in [0, 0.05) is 47.5 Å². The number of nitrogens with zero attached hydrogens (tertiary/aromatic N) is 4. The van der Waals surface area contributed by atoms with E-state index >= 15 is 0 Å². The van der Waals surface area contributed by atoms with Crippen LogP contribution in [0, 0.1) is 20.2 Å². The van der Waals surface area contributed by atoms with E-state index < -0.39 is 9.85 Å². The quantitative estimate of drug-likeness (QED) is 0.237. The topological polar surface area (TPSA) is 128 Å². The average Bonchev–Trinajstić information content (AvgIpc) is 3.13. The molecule has 36 heavy (non-hydrogen) atoms. The lowest BCUT2D eigenvalue weighted by Crippen LogP contribution is -2.28. The SMILES string of the molecule is CCN(CC)CCOc1cc2c(cc1[N+](=O)[O-])-c1cc([N+](=O)[O-])c(OCCN(CC)CC)cc1C2=O. The lowest BCUT2D eigenvalue weighted by atomic mass is 10.0. The molecule has 0 unspecified atom stereocenters. The second-order valence-electron chi connectivity index (χ2n) is 8.33. The number of ketones is 1. The zero-order chi connectivity index (χ0) is 26.4. The highest BCUT2D eigenvalue weighted by Crippen LogP contribution is 2.46. The van der Waals surface area contributed by atoms with Crippen molar-refractivity contribution in [2.45, 2.75) is 27.7 Å². The molecule has 2 aromatic carbocycles. The van der Waals surface area contributed by atoms with E-state index in [0.29, 0.717) is 13.1 Å². The molecule has 11 heteroatoms. The van der Waals surface area contributed by atoms with E-state index in [1.54, 1.807) is 0 Å². The van der Waals surface area contributed by atoms with Crippen LogP contribution in [0.4, 0.5) is 11.4 Å². The molecule has 0 amide bonds. The van der Waals surface area contributed by atoms with Gasteiger partial charge in [0.25, 0.3) is 0 Å². The van der Waals surface area contributed by atoms with E-state index in [1.807, 2.05) is 27.7 Å². The molecular weight excluding hydrogens is 468 g/mol. The summed E-state index contributed by atoms with van der Waals surface area (Å²) in [6.45, 7) is 12.9. The summed E-state index contributed by atoms with van der Waals surface area (Å²) in [5, 5.41) is 23.5. The van der Waals surface area contributed by atoms with Crippen molar-refractivity contribution in [3.63, 3.8) is 0 Å². The van der Waals surface area contributed by atoms with Gasteiger partial charge in [-0.2, -0.15) is 0 Å². The molecule has 0 saturated heterocycles. The van der Waals surface area contributed by atoms with Crippen LogP contribution in [0.2, 0.25) is 0 Å². The molecule has 3 rings (SSSR count). The molecule has 2 aromatic rings. The van der Waals surface area contributed by atoms with Crippen LogP contribution in [-0.4, -0.2) is 77.9 Å². The highest BCUT2D eigenvalue weighted by molar-refractivity contribution is 6.22. The molecule has 0 atom stereocenters. The fourth-order valence-electron chi connectivity index (χ4n) is 4.27. The molecule has 0 fully saturated rings. The Kier molecular flexibility index (Phi) is 8.94. The molecule has 1 aliphatic rings. The van der Waals surface area contributed by atoms with Crippen molar-refractivity contribution < 1.29 is 24.1 Å². The van der Waals surface area contributed by atoms with Gasteiger partial charge >= 0.3 is 11.4 Å². The average molecular weight is 501 g/mol. The molecule has 0 aliphatic heterocycles. The predicted molar refractivity (Wildman–Crippen MR) is 135 cm³/mol. The molecule has 11 nitrogen and oxygen atoms in total. The third-order valence-corrected chi connectivity index (χ3v) is 6.49. The fraction of sp³-hybridized carbons (Fsp3) is 0.480. The summed E-state index contributed by atoms with van der Waals surface area (Å²) in [6, 6.07) is 5.25. The standard InChI is InChI=1S/C25H32N4O7/c1-5-26(6-2)9-11-35-23-15-19-17(13-21(23)28(31)32)18-14-22(29(33)34)24(16-20(18)25(19)30)36-12-10-27(7-3)8-4/h13-16H,5-12H2,1-4H3. The first-order valence-corrected chi connectivity index (χ1v) is 12.2. The predicted octanol–water partition coefficient (Wildman–Crippen LogP) is 4.16. The van der Waals surface area contributed by atoms with Crippen LogP contribution in [0.1, 0.15) is 43.6 Å². The molecule has 0 bridgehead atoms. The number of rotatable bonds is 14. The number of carbonyl (C=O) groups is 1. The van der Waals surface area contributed by atoms with E-state index in [4.69, 9.17) is 9.47 Å². The van der Waals surface area contributed by atoms with Gasteiger partial charge in [0.05, 0.1) is 9.85 Å². The maximum Gasteiger partial charge on any atom is 0.311 e. The maximum atomic E-state index is 13.2. The highest BCUT2D eigenvalue weighted by Gasteiger charge is 2.34. The van der Waals surface area contributed by atoms with Crippen molar-refractivity contribution in [2.75, 3.05) is 52.5 Å². The Morgan fingerprint density at radius 1 is 0.667 bits per heavy atom. The third-order valence-electron chi connectivity index (χ3n) is 6.49. The molecule has 1 aliphatic carbocycles. The summed E-state index contributed by atoms with van der Waals surface area (Å²) in [5.74, 6) is -0.388. The van der Waals surface area contributed by atoms with E-state index in [1.165, 1.54) is 24.3 Å². The summed E-state index contributed by atoms with van der Waals surface area (Å²) in [6.07, 6.45) is 0. The lowest BCUT2D eigenvalue weighted by molar-refractivity contribution is -0.386. The van der Waals surface area contributed by atoms with Crippen LogP contribution in [0.3, 0.4) is 0 Å². The number of fused-ring (bicyclic) bond motifs is 3. The van der Waals surface area contributed by atoms with Crippen molar-refractivity contribution in [3.05, 3.63) is 55.6 Å². The van der Waals surface area contributed by atoms with Crippen LogP contribution in [-0.2, 0) is 0 Å². The van der Waals surface area contributed by atoms with Gasteiger partial charge in [0.1, 0.15) is 13.2 Å². The summed E-state index contributed by atoms with van der Waals surface area (Å²) in [4.78, 5) is 39.9. The Labute approximate surface area is 209 Å². The third kappa shape index (κ3) is 5.63. The van der Waals surface area contributed by atoms with Crippen molar-refractivity contribution in [3.8, 4) is 22.6 Å². The molecule has 194 valence electrons. The first kappa shape index (κ1) is 27.0. The van der Waals surface area contributed by atoms with Crippen LogP contribution in [0.15, 0.2) is 24.3 Å². The highest BCUT2D eigenvalue weighted by atomic mass is 16.6. The van der Waals surface area contributed by atoms with E-state index in [0.717, 1.165) is 26.2 Å². The normalized spacial score (nSPS) is 12.1. The second-order valence-corrected chi connectivity index (χ2v) is 8.33. The lowest BCUT2D eigenvalue weighted by Gasteiger charge is -2.18. The maximum absolute atomic E-state index is 13.2. The monoisotopic (exact) mass is 500 g/mol. The number of nitro groups is 2. The largest absolute Gasteiger partial charge is 0.485 e. The fourth-order valence-corrected chi connectivity index (χ4v) is 4.27. The van der Waals surface area contributed by atoms with Crippen molar-refractivity contribution in [2.24, 2.45) is 0 Å². The Hall–Kier alpha value is -3.57. The van der Waals surface area contributed by atoms with Gasteiger partial charge in [0.2, 0.25) is 0 Å². The Bertz CT molecular complexity index is 1060. The number of likely N-dealkylation sites (N-methyl/N-ethyl adjacent to an activating group) is 2. The number of ether oxygens (including phenoxy) is 2. The number of nitro benzene ring substituents is 2. The van der Waals surface area contributed by atoms with Crippen molar-refractivity contribution >= 4 is 17.2 Å². The Morgan fingerprint density at radius 2 is 1.03 bits per heavy atom. The zero-order valence-corrected chi connectivity index (χ0v) is 21.1. The number of benzene rings is 2. The molecule has 0 radical (unpaired) electrons. The van der Waals surface area contributed by atoms with Gasteiger partial charge in [-0.05, 0) is 38.3 Å². The van der Waals surface area contributed by atoms with E-state index in [9.17, 15) is 25.0 Å². The first-order chi connectivity index (χ1) is 17.2. The zero-order valence-electron chi connectivity index (χ0n) is 21.1. The van der Waals surface area contributed by atoms with Gasteiger partial charge in [-0.1, -0.05) is 27.7 Å². The smallest absolute Gasteiger partial charge is 0.311 e. The van der Waals surface area contributed by atoms with Gasteiger partial charge in [-0.15, -0.1) is 0 Å². The molecule has 0 aromatic heterocycles. The summed E-state index contributed by atoms with van der Waals surface area (Å²) < 4.78 is 11.4. The number of hydrogen-bond acceptors (Lipinski definition) is 9. The van der Waals surface area contributed by atoms with Crippen molar-refractivity contribution in [1.29, 1.82) is 0 Å². The van der Waals surface area contributed by atoms with Crippen molar-refractivity contribution in [1.82, 2.24) is 9.80 Å². The minimum absolute atomic E-state index is 0.00254. The minimum atomic E-state index is -0.575. The van der Waals surface area contributed by atoms with Crippen LogP contribution >= 0.6 is 0 Å². The molecule has 0 saturated carbocycles. The Morgan fingerprint density at radius 3 is 1.33 bits per heavy atom. The molecule has 0 spiro atoms. The number of carbonyl (C=O) groups excluding carboxylic acids is 1. The first-order valence-electron chi connectivity index (χ1n) is 12.2. The van der Waals surface area contributed by atoms with Crippen LogP contribution in [0.5, 0.6) is 11.5 Å².